The number of amides is 1. The van der Waals surface area contributed by atoms with Crippen LogP contribution >= 0.6 is 0 Å². The summed E-state index contributed by atoms with van der Waals surface area (Å²) in [4.78, 5) is 25.4. The molecule has 7 nitrogen and oxygen atoms in total. The smallest absolute Gasteiger partial charge is 0.343 e. The Hall–Kier alpha value is -4.91. The second-order valence-electron chi connectivity index (χ2n) is 7.87. The van der Waals surface area contributed by atoms with E-state index in [2.05, 4.69) is 17.1 Å². The van der Waals surface area contributed by atoms with E-state index in [0.717, 1.165) is 10.8 Å². The highest BCUT2D eigenvalue weighted by Gasteiger charge is 2.14. The number of esters is 1. The third-order valence-corrected chi connectivity index (χ3v) is 5.38. The molecule has 37 heavy (non-hydrogen) atoms. The zero-order valence-electron chi connectivity index (χ0n) is 20.3. The molecule has 7 heteroatoms. The highest BCUT2D eigenvalue weighted by molar-refractivity contribution is 6.04. The Labute approximate surface area is 215 Å². The van der Waals surface area contributed by atoms with Crippen LogP contribution in [0.5, 0.6) is 17.2 Å². The Balaban J connectivity index is 1.53. The lowest BCUT2D eigenvalue weighted by Gasteiger charge is -2.11. The van der Waals surface area contributed by atoms with E-state index in [0.29, 0.717) is 47.2 Å². The average molecular weight is 495 g/mol. The van der Waals surface area contributed by atoms with Crippen LogP contribution in [-0.4, -0.2) is 31.3 Å². The van der Waals surface area contributed by atoms with Crippen LogP contribution in [0.2, 0.25) is 0 Å². The van der Waals surface area contributed by atoms with Gasteiger partial charge in [0.25, 0.3) is 5.91 Å². The first-order chi connectivity index (χ1) is 18.1. The van der Waals surface area contributed by atoms with Gasteiger partial charge in [0.05, 0.1) is 18.4 Å². The molecule has 0 aliphatic carbocycles. The van der Waals surface area contributed by atoms with Crippen molar-refractivity contribution in [1.29, 1.82) is 0 Å². The third kappa shape index (κ3) is 6.41. The van der Waals surface area contributed by atoms with E-state index in [9.17, 15) is 9.59 Å². The van der Waals surface area contributed by atoms with Crippen molar-refractivity contribution in [3.05, 3.63) is 114 Å². The summed E-state index contributed by atoms with van der Waals surface area (Å²) in [5, 5.41) is 5.89. The summed E-state index contributed by atoms with van der Waals surface area (Å²) in [7, 11) is 0. The lowest BCUT2D eigenvalue weighted by molar-refractivity contribution is 0.0734. The average Bonchev–Trinajstić information content (AvgIpc) is 2.93. The fraction of sp³-hybridized carbons (Fsp3) is 0.100. The lowest BCUT2D eigenvalue weighted by atomic mass is 10.0. The molecule has 4 rings (SSSR count). The van der Waals surface area contributed by atoms with Crippen LogP contribution in [0.15, 0.2) is 103 Å². The fourth-order valence-electron chi connectivity index (χ4n) is 3.59. The van der Waals surface area contributed by atoms with Crippen molar-refractivity contribution in [1.82, 2.24) is 5.43 Å². The van der Waals surface area contributed by atoms with E-state index in [-0.39, 0.29) is 5.91 Å². The SMILES string of the molecule is C=CCOc1ccc(C(=O)N/N=C/c2c(OC(=O)c3ccc(OCC)cc3)ccc3ccccc23)cc1. The molecule has 0 radical (unpaired) electrons. The summed E-state index contributed by atoms with van der Waals surface area (Å²) in [6.45, 7) is 6.42. The summed E-state index contributed by atoms with van der Waals surface area (Å²) >= 11 is 0. The minimum absolute atomic E-state index is 0.319. The maximum absolute atomic E-state index is 12.8. The van der Waals surface area contributed by atoms with Crippen LogP contribution in [0.4, 0.5) is 0 Å². The molecule has 0 heterocycles. The zero-order chi connectivity index (χ0) is 26.0. The van der Waals surface area contributed by atoms with E-state index in [1.165, 1.54) is 6.21 Å². The standard InChI is InChI=1S/C30H26N2O5/c1-3-19-36-25-14-9-22(10-15-25)29(33)32-31-20-27-26-8-6-5-7-21(26)13-18-28(27)37-30(34)23-11-16-24(17-12-23)35-4-2/h3,5-18,20H,1,4,19H2,2H3,(H,32,33)/b31-20+. The van der Waals surface area contributed by atoms with Crippen LogP contribution in [0.3, 0.4) is 0 Å². The molecule has 0 aliphatic heterocycles. The third-order valence-electron chi connectivity index (χ3n) is 5.38. The molecular weight excluding hydrogens is 468 g/mol. The molecule has 1 N–H and O–H groups in total. The molecule has 1 amide bonds. The molecule has 0 spiro atoms. The van der Waals surface area contributed by atoms with Crippen molar-refractivity contribution in [3.63, 3.8) is 0 Å². The Morgan fingerprint density at radius 3 is 2.24 bits per heavy atom. The minimum Gasteiger partial charge on any atom is -0.494 e. The Bertz CT molecular complexity index is 1430. The Morgan fingerprint density at radius 2 is 1.54 bits per heavy atom. The number of ether oxygens (including phenoxy) is 3. The van der Waals surface area contributed by atoms with E-state index >= 15 is 0 Å². The van der Waals surface area contributed by atoms with E-state index in [1.807, 2.05) is 37.3 Å². The first kappa shape index (κ1) is 25.2. The molecule has 0 atom stereocenters. The van der Waals surface area contributed by atoms with Crippen molar-refractivity contribution in [2.45, 2.75) is 6.92 Å². The van der Waals surface area contributed by atoms with Gasteiger partial charge in [0.2, 0.25) is 0 Å². The normalized spacial score (nSPS) is 10.7. The number of benzene rings is 4. The largest absolute Gasteiger partial charge is 0.494 e. The van der Waals surface area contributed by atoms with Crippen LogP contribution in [0, 0.1) is 0 Å². The van der Waals surface area contributed by atoms with Crippen LogP contribution in [-0.2, 0) is 0 Å². The lowest BCUT2D eigenvalue weighted by Crippen LogP contribution is -2.17. The van der Waals surface area contributed by atoms with Crippen molar-refractivity contribution < 1.29 is 23.8 Å². The summed E-state index contributed by atoms with van der Waals surface area (Å²) in [5.41, 5.74) is 3.89. The van der Waals surface area contributed by atoms with Gasteiger partial charge >= 0.3 is 5.97 Å². The maximum Gasteiger partial charge on any atom is 0.343 e. The highest BCUT2D eigenvalue weighted by atomic mass is 16.5. The molecule has 4 aromatic rings. The van der Waals surface area contributed by atoms with Gasteiger partial charge in [-0.25, -0.2) is 10.2 Å². The van der Waals surface area contributed by atoms with Crippen molar-refractivity contribution in [3.8, 4) is 17.2 Å². The van der Waals surface area contributed by atoms with Gasteiger partial charge in [0.15, 0.2) is 0 Å². The van der Waals surface area contributed by atoms with Gasteiger partial charge in [0, 0.05) is 11.1 Å². The fourth-order valence-corrected chi connectivity index (χ4v) is 3.59. The van der Waals surface area contributed by atoms with Gasteiger partial charge in [-0.2, -0.15) is 5.10 Å². The predicted molar refractivity (Wildman–Crippen MR) is 144 cm³/mol. The first-order valence-electron chi connectivity index (χ1n) is 11.7. The number of carbonyl (C=O) groups is 2. The van der Waals surface area contributed by atoms with E-state index in [4.69, 9.17) is 14.2 Å². The van der Waals surface area contributed by atoms with Crippen LogP contribution in [0.25, 0.3) is 10.8 Å². The number of rotatable bonds is 10. The second kappa shape index (κ2) is 12.2. The topological polar surface area (TPSA) is 86.2 Å². The van der Waals surface area contributed by atoms with Crippen LogP contribution < -0.4 is 19.6 Å². The predicted octanol–water partition coefficient (Wildman–Crippen LogP) is 5.79. The Kier molecular flexibility index (Phi) is 8.29. The number of hydrogen-bond donors (Lipinski definition) is 1. The van der Waals surface area contributed by atoms with Gasteiger partial charge in [-0.1, -0.05) is 43.0 Å². The molecule has 0 unspecified atom stereocenters. The number of hydrogen-bond acceptors (Lipinski definition) is 6. The van der Waals surface area contributed by atoms with Crippen LogP contribution in [0.1, 0.15) is 33.2 Å². The molecule has 4 aromatic carbocycles. The van der Waals surface area contributed by atoms with Crippen molar-refractivity contribution >= 4 is 28.9 Å². The van der Waals surface area contributed by atoms with Gasteiger partial charge in [0.1, 0.15) is 23.9 Å². The zero-order valence-corrected chi connectivity index (χ0v) is 20.3. The quantitative estimate of drug-likeness (QED) is 0.0992. The number of carbonyl (C=O) groups excluding carboxylic acids is 2. The first-order valence-corrected chi connectivity index (χ1v) is 11.7. The van der Waals surface area contributed by atoms with Gasteiger partial charge < -0.3 is 14.2 Å². The maximum atomic E-state index is 12.8. The minimum atomic E-state index is -0.518. The monoisotopic (exact) mass is 494 g/mol. The van der Waals surface area contributed by atoms with Crippen molar-refractivity contribution in [2.24, 2.45) is 5.10 Å². The molecule has 0 aromatic heterocycles. The highest BCUT2D eigenvalue weighted by Crippen LogP contribution is 2.27. The summed E-state index contributed by atoms with van der Waals surface area (Å²) < 4.78 is 16.6. The molecule has 0 fully saturated rings. The molecular formula is C30H26N2O5. The molecule has 0 saturated carbocycles. The Morgan fingerprint density at radius 1 is 0.865 bits per heavy atom. The summed E-state index contributed by atoms with van der Waals surface area (Å²) in [5.74, 6) is 0.719. The number of fused-ring (bicyclic) bond motifs is 1. The second-order valence-corrected chi connectivity index (χ2v) is 7.87. The number of hydrazone groups is 1. The summed E-state index contributed by atoms with van der Waals surface area (Å²) in [6.07, 6.45) is 3.12. The molecule has 186 valence electrons. The summed E-state index contributed by atoms with van der Waals surface area (Å²) in [6, 6.07) is 24.6. The van der Waals surface area contributed by atoms with Gasteiger partial charge in [-0.15, -0.1) is 0 Å². The van der Waals surface area contributed by atoms with Gasteiger partial charge in [-0.05, 0) is 72.3 Å². The van der Waals surface area contributed by atoms with E-state index < -0.39 is 5.97 Å². The molecule has 0 saturated heterocycles. The number of nitrogens with one attached hydrogen (secondary N) is 1. The van der Waals surface area contributed by atoms with E-state index in [1.54, 1.807) is 60.7 Å². The van der Waals surface area contributed by atoms with Gasteiger partial charge in [-0.3, -0.25) is 4.79 Å². The molecule has 0 aliphatic rings. The van der Waals surface area contributed by atoms with Crippen molar-refractivity contribution in [2.75, 3.05) is 13.2 Å². The number of nitrogens with zero attached hydrogens (tertiary/aromatic N) is 1. The molecule has 0 bridgehead atoms.